The lowest BCUT2D eigenvalue weighted by Gasteiger charge is -2.40. The van der Waals surface area contributed by atoms with Crippen molar-refractivity contribution in [1.82, 2.24) is 14.5 Å². The predicted octanol–water partition coefficient (Wildman–Crippen LogP) is 2.95. The van der Waals surface area contributed by atoms with Crippen molar-refractivity contribution in [1.29, 1.82) is 0 Å². The van der Waals surface area contributed by atoms with Crippen molar-refractivity contribution in [3.63, 3.8) is 0 Å². The summed E-state index contributed by atoms with van der Waals surface area (Å²) in [6.45, 7) is 8.51. The van der Waals surface area contributed by atoms with Crippen LogP contribution in [0.4, 0.5) is 0 Å². The number of sulfonamides is 1. The molecule has 1 aliphatic heterocycles. The summed E-state index contributed by atoms with van der Waals surface area (Å²) in [6.07, 6.45) is 1.97. The number of rotatable bonds is 8. The van der Waals surface area contributed by atoms with E-state index in [9.17, 15) is 18.0 Å². The third-order valence-corrected chi connectivity index (χ3v) is 8.21. The zero-order valence-electron chi connectivity index (χ0n) is 20.0. The molecule has 0 aromatic heterocycles. The number of carbonyl (C=O) groups excluding carboxylic acids is 2. The summed E-state index contributed by atoms with van der Waals surface area (Å²) < 4.78 is 28.0. The summed E-state index contributed by atoms with van der Waals surface area (Å²) in [5.41, 5.74) is 1.60. The molecule has 1 saturated heterocycles. The van der Waals surface area contributed by atoms with E-state index in [2.05, 4.69) is 11.9 Å². The Hall–Kier alpha value is -2.97. The fourth-order valence-corrected chi connectivity index (χ4v) is 6.03. The van der Waals surface area contributed by atoms with Crippen LogP contribution in [0.5, 0.6) is 0 Å². The zero-order chi connectivity index (χ0) is 24.9. The van der Waals surface area contributed by atoms with Gasteiger partial charge in [-0.3, -0.25) is 9.59 Å². The van der Waals surface area contributed by atoms with E-state index in [1.165, 1.54) is 22.5 Å². The van der Waals surface area contributed by atoms with E-state index in [0.717, 1.165) is 12.0 Å². The van der Waals surface area contributed by atoms with Crippen LogP contribution >= 0.6 is 0 Å². The maximum Gasteiger partial charge on any atom is 0.253 e. The van der Waals surface area contributed by atoms with Crippen LogP contribution in [0.1, 0.15) is 29.8 Å². The Morgan fingerprint density at radius 1 is 1.06 bits per heavy atom. The van der Waals surface area contributed by atoms with Crippen molar-refractivity contribution >= 4 is 21.8 Å². The molecule has 0 bridgehead atoms. The first-order valence-corrected chi connectivity index (χ1v) is 12.9. The van der Waals surface area contributed by atoms with Crippen molar-refractivity contribution in [2.45, 2.75) is 31.2 Å². The smallest absolute Gasteiger partial charge is 0.253 e. The maximum absolute atomic E-state index is 13.3. The molecular formula is C26H33N3O4S. The van der Waals surface area contributed by atoms with Gasteiger partial charge in [-0.2, -0.15) is 4.31 Å². The van der Waals surface area contributed by atoms with Crippen LogP contribution in [0.2, 0.25) is 0 Å². The fourth-order valence-electron chi connectivity index (χ4n) is 4.39. The maximum atomic E-state index is 13.3. The second-order valence-corrected chi connectivity index (χ2v) is 10.9. The van der Waals surface area contributed by atoms with E-state index < -0.39 is 10.0 Å². The number of hydrogen-bond acceptors (Lipinski definition) is 4. The first-order chi connectivity index (χ1) is 16.1. The second-order valence-electron chi connectivity index (χ2n) is 9.00. The van der Waals surface area contributed by atoms with Crippen LogP contribution in [-0.4, -0.2) is 62.2 Å². The van der Waals surface area contributed by atoms with E-state index in [4.69, 9.17) is 0 Å². The molecule has 2 amide bonds. The Bertz CT molecular complexity index is 1100. The number of piperidine rings is 1. The van der Waals surface area contributed by atoms with Gasteiger partial charge >= 0.3 is 0 Å². The third-order valence-electron chi connectivity index (χ3n) is 6.37. The molecule has 2 unspecified atom stereocenters. The van der Waals surface area contributed by atoms with Gasteiger partial charge in [-0.15, -0.1) is 0 Å². The standard InChI is InChI=1S/C26H33N3O4S/c1-5-24(30)27-25-19(2)17-29(18-20(25)3)34(32,33)23-13-11-22(12-14-23)26(31)28(4)16-15-21-9-7-6-8-10-21/h5-14,19-20,25H,1,15-18H2,2-4H3,(H,27,30). The Labute approximate surface area is 202 Å². The first kappa shape index (κ1) is 25.6. The van der Waals surface area contributed by atoms with Gasteiger partial charge in [0.15, 0.2) is 0 Å². The highest BCUT2D eigenvalue weighted by Crippen LogP contribution is 2.27. The molecule has 3 rings (SSSR count). The summed E-state index contributed by atoms with van der Waals surface area (Å²) in [5, 5.41) is 2.91. The van der Waals surface area contributed by atoms with Gasteiger partial charge in [0.2, 0.25) is 15.9 Å². The van der Waals surface area contributed by atoms with E-state index in [1.54, 1.807) is 24.1 Å². The average molecular weight is 484 g/mol. The minimum absolute atomic E-state index is 0.0541. The Kier molecular flexibility index (Phi) is 8.28. The molecule has 1 heterocycles. The average Bonchev–Trinajstić information content (AvgIpc) is 2.84. The van der Waals surface area contributed by atoms with Gasteiger partial charge in [-0.25, -0.2) is 8.42 Å². The normalized spacial score (nSPS) is 21.0. The lowest BCUT2D eigenvalue weighted by atomic mass is 9.87. The molecule has 8 heteroatoms. The van der Waals surface area contributed by atoms with E-state index >= 15 is 0 Å². The van der Waals surface area contributed by atoms with Gasteiger partial charge in [0, 0.05) is 38.3 Å². The first-order valence-electron chi connectivity index (χ1n) is 11.5. The molecular weight excluding hydrogens is 450 g/mol. The van der Waals surface area contributed by atoms with Gasteiger partial charge in [-0.05, 0) is 54.2 Å². The minimum atomic E-state index is -3.72. The van der Waals surface area contributed by atoms with Crippen LogP contribution < -0.4 is 5.32 Å². The summed E-state index contributed by atoms with van der Waals surface area (Å²) in [6, 6.07) is 15.9. The van der Waals surface area contributed by atoms with Crippen LogP contribution in [-0.2, 0) is 21.2 Å². The lowest BCUT2D eigenvalue weighted by molar-refractivity contribution is -0.118. The van der Waals surface area contributed by atoms with Crippen molar-refractivity contribution in [2.24, 2.45) is 11.8 Å². The lowest BCUT2D eigenvalue weighted by Crippen LogP contribution is -2.55. The third kappa shape index (κ3) is 5.93. The molecule has 182 valence electrons. The Morgan fingerprint density at radius 2 is 1.65 bits per heavy atom. The number of nitrogens with zero attached hydrogens (tertiary/aromatic N) is 2. The second kappa shape index (κ2) is 11.0. The molecule has 2 aromatic rings. The van der Waals surface area contributed by atoms with Crippen LogP contribution in [0, 0.1) is 11.8 Å². The predicted molar refractivity (Wildman–Crippen MR) is 133 cm³/mol. The van der Waals surface area contributed by atoms with Crippen molar-refractivity contribution in [3.05, 3.63) is 78.4 Å². The van der Waals surface area contributed by atoms with Crippen molar-refractivity contribution in [3.8, 4) is 0 Å². The van der Waals surface area contributed by atoms with Gasteiger partial charge in [0.25, 0.3) is 5.91 Å². The number of benzene rings is 2. The summed E-state index contributed by atoms with van der Waals surface area (Å²) >= 11 is 0. The molecule has 0 radical (unpaired) electrons. The van der Waals surface area contributed by atoms with E-state index in [0.29, 0.717) is 25.2 Å². The van der Waals surface area contributed by atoms with Crippen LogP contribution in [0.15, 0.2) is 72.1 Å². The summed E-state index contributed by atoms with van der Waals surface area (Å²) in [7, 11) is -1.97. The number of likely N-dealkylation sites (N-methyl/N-ethyl adjacent to an activating group) is 1. The quantitative estimate of drug-likeness (QED) is 0.585. The molecule has 0 saturated carbocycles. The van der Waals surface area contributed by atoms with E-state index in [-0.39, 0.29) is 34.6 Å². The number of carbonyl (C=O) groups is 2. The van der Waals surface area contributed by atoms with Gasteiger partial charge < -0.3 is 10.2 Å². The monoisotopic (exact) mass is 483 g/mol. The molecule has 7 nitrogen and oxygen atoms in total. The molecule has 1 fully saturated rings. The molecule has 1 N–H and O–H groups in total. The number of amides is 2. The zero-order valence-corrected chi connectivity index (χ0v) is 20.8. The SMILES string of the molecule is C=CC(=O)NC1C(C)CN(S(=O)(=O)c2ccc(C(=O)N(C)CCc3ccccc3)cc2)CC1C. The topological polar surface area (TPSA) is 86.8 Å². The molecule has 34 heavy (non-hydrogen) atoms. The minimum Gasteiger partial charge on any atom is -0.349 e. The van der Waals surface area contributed by atoms with Gasteiger partial charge in [-0.1, -0.05) is 50.8 Å². The Morgan fingerprint density at radius 3 is 2.21 bits per heavy atom. The van der Waals surface area contributed by atoms with Crippen molar-refractivity contribution < 1.29 is 18.0 Å². The van der Waals surface area contributed by atoms with Gasteiger partial charge in [0.1, 0.15) is 0 Å². The molecule has 1 aliphatic rings. The molecule has 2 atom stereocenters. The number of nitrogens with one attached hydrogen (secondary N) is 1. The van der Waals surface area contributed by atoms with Crippen LogP contribution in [0.3, 0.4) is 0 Å². The highest BCUT2D eigenvalue weighted by atomic mass is 32.2. The van der Waals surface area contributed by atoms with Crippen LogP contribution in [0.25, 0.3) is 0 Å². The highest BCUT2D eigenvalue weighted by Gasteiger charge is 2.38. The largest absolute Gasteiger partial charge is 0.349 e. The summed E-state index contributed by atoms with van der Waals surface area (Å²) in [5.74, 6) is -0.516. The molecule has 2 aromatic carbocycles. The highest BCUT2D eigenvalue weighted by molar-refractivity contribution is 7.89. The molecule has 0 aliphatic carbocycles. The van der Waals surface area contributed by atoms with E-state index in [1.807, 2.05) is 44.2 Å². The summed E-state index contributed by atoms with van der Waals surface area (Å²) in [4.78, 5) is 26.3. The van der Waals surface area contributed by atoms with Crippen molar-refractivity contribution in [2.75, 3.05) is 26.7 Å². The van der Waals surface area contributed by atoms with Gasteiger partial charge in [0.05, 0.1) is 4.90 Å². The number of hydrogen-bond donors (Lipinski definition) is 1. The Balaban J connectivity index is 1.65. The fraction of sp³-hybridized carbons (Fsp3) is 0.385. The molecule has 0 spiro atoms.